The van der Waals surface area contributed by atoms with Gasteiger partial charge in [-0.15, -0.1) is 0 Å². The van der Waals surface area contributed by atoms with Gasteiger partial charge in [0, 0.05) is 0 Å². The van der Waals surface area contributed by atoms with Crippen LogP contribution in [0.4, 0.5) is 17.6 Å². The summed E-state index contributed by atoms with van der Waals surface area (Å²) in [4.78, 5) is 2.31. The van der Waals surface area contributed by atoms with Crippen LogP contribution in [-0.4, -0.2) is 15.0 Å². The van der Waals surface area contributed by atoms with Crippen LogP contribution in [0.2, 0.25) is 0 Å². The average molecular weight is 275 g/mol. The summed E-state index contributed by atoms with van der Waals surface area (Å²) in [5.74, 6) is 0. The van der Waals surface area contributed by atoms with E-state index in [0.717, 1.165) is 12.1 Å². The SMILES string of the molecule is FC=[C-][Se]c1ccc(C(F)(F)F)cc1.[Li+]. The van der Waals surface area contributed by atoms with Gasteiger partial charge in [-0.3, -0.25) is 0 Å². The molecule has 1 aromatic rings. The van der Waals surface area contributed by atoms with Gasteiger partial charge in [0.2, 0.25) is 0 Å². The number of rotatable bonds is 2. The van der Waals surface area contributed by atoms with E-state index in [1.54, 1.807) is 0 Å². The van der Waals surface area contributed by atoms with Crippen molar-refractivity contribution in [2.45, 2.75) is 6.18 Å². The van der Waals surface area contributed by atoms with Crippen LogP contribution in [0, 0.1) is 4.97 Å². The van der Waals surface area contributed by atoms with Gasteiger partial charge >= 0.3 is 103 Å². The second-order valence-corrected chi connectivity index (χ2v) is 4.26. The summed E-state index contributed by atoms with van der Waals surface area (Å²) in [6, 6.07) is 4.63. The van der Waals surface area contributed by atoms with Crippen LogP contribution in [0.25, 0.3) is 0 Å². The first kappa shape index (κ1) is 14.8. The van der Waals surface area contributed by atoms with E-state index >= 15 is 0 Å². The quantitative estimate of drug-likeness (QED) is 0.380. The van der Waals surface area contributed by atoms with Gasteiger partial charge in [-0.2, -0.15) is 0 Å². The molecule has 1 rings (SSSR count). The first-order valence-electron chi connectivity index (χ1n) is 3.55. The van der Waals surface area contributed by atoms with Gasteiger partial charge in [0.1, 0.15) is 0 Å². The Kier molecular flexibility index (Phi) is 6.31. The summed E-state index contributed by atoms with van der Waals surface area (Å²) in [7, 11) is 0. The molecule has 0 aliphatic heterocycles. The van der Waals surface area contributed by atoms with Gasteiger partial charge in [0.25, 0.3) is 0 Å². The Morgan fingerprint density at radius 3 is 2.07 bits per heavy atom. The van der Waals surface area contributed by atoms with Crippen molar-refractivity contribution >= 4 is 19.4 Å². The molecule has 6 heteroatoms. The fraction of sp³-hybridized carbons (Fsp3) is 0.111. The molecule has 0 aliphatic carbocycles. The van der Waals surface area contributed by atoms with Gasteiger partial charge in [0.05, 0.1) is 0 Å². The van der Waals surface area contributed by atoms with Crippen molar-refractivity contribution in [2.75, 3.05) is 0 Å². The van der Waals surface area contributed by atoms with E-state index in [1.807, 2.05) is 0 Å². The van der Waals surface area contributed by atoms with E-state index in [1.165, 1.54) is 12.1 Å². The largest absolute Gasteiger partial charge is 1.00 e. The zero-order chi connectivity index (χ0) is 10.6. The Morgan fingerprint density at radius 1 is 1.13 bits per heavy atom. The second kappa shape index (κ2) is 6.39. The third kappa shape index (κ3) is 4.90. The second-order valence-electron chi connectivity index (χ2n) is 2.35. The maximum Gasteiger partial charge on any atom is 1.00 e. The Balaban J connectivity index is 0.00000196. The van der Waals surface area contributed by atoms with E-state index in [2.05, 4.69) is 4.97 Å². The molecule has 0 saturated carbocycles. The Morgan fingerprint density at radius 2 is 1.67 bits per heavy atom. The van der Waals surface area contributed by atoms with Crippen LogP contribution < -0.4 is 23.3 Å². The topological polar surface area (TPSA) is 0 Å². The zero-order valence-electron chi connectivity index (χ0n) is 7.81. The number of halogens is 4. The van der Waals surface area contributed by atoms with Crippen molar-refractivity contribution in [3.63, 3.8) is 0 Å². The van der Waals surface area contributed by atoms with E-state index in [4.69, 9.17) is 0 Å². The molecule has 0 heterocycles. The minimum atomic E-state index is -4.31. The number of benzene rings is 1. The maximum absolute atomic E-state index is 12.1. The number of hydrogen-bond donors (Lipinski definition) is 0. The molecular weight excluding hydrogens is 270 g/mol. The van der Waals surface area contributed by atoms with Gasteiger partial charge in [-0.1, -0.05) is 0 Å². The van der Waals surface area contributed by atoms with E-state index < -0.39 is 11.7 Å². The molecule has 0 N–H and O–H groups in total. The molecule has 0 nitrogen and oxygen atoms in total. The molecule has 1 aromatic carbocycles. The summed E-state index contributed by atoms with van der Waals surface area (Å²) in [5.41, 5.74) is -0.693. The van der Waals surface area contributed by atoms with Crippen molar-refractivity contribution in [1.29, 1.82) is 0 Å². The third-order valence-electron chi connectivity index (χ3n) is 1.40. The van der Waals surface area contributed by atoms with E-state index in [9.17, 15) is 17.6 Å². The maximum atomic E-state index is 12.1. The first-order chi connectivity index (χ1) is 6.54. The van der Waals surface area contributed by atoms with Crippen molar-refractivity contribution in [3.05, 3.63) is 41.1 Å². The molecule has 0 radical (unpaired) electrons. The Bertz CT molecular complexity index is 318. The fourth-order valence-corrected chi connectivity index (χ4v) is 1.75. The Hall–Kier alpha value is -0.203. The molecule has 0 spiro atoms. The molecule has 0 aliphatic rings. The van der Waals surface area contributed by atoms with Crippen LogP contribution >= 0.6 is 0 Å². The summed E-state index contributed by atoms with van der Waals surface area (Å²) in [6.07, 6.45) is -4.04. The van der Waals surface area contributed by atoms with Crippen molar-refractivity contribution in [1.82, 2.24) is 0 Å². The predicted molar refractivity (Wildman–Crippen MR) is 45.8 cm³/mol. The summed E-state index contributed by atoms with van der Waals surface area (Å²) >= 11 is -0.362. The minimum absolute atomic E-state index is 0. The molecule has 0 atom stereocenters. The standard InChI is InChI=1S/C9H5F4Se.Li/c10-5-6-14-8-3-1-7(2-4-8)9(11,12)13;/h1-5H;/q-1;+1. The molecule has 0 bridgehead atoms. The smallest absolute Gasteiger partial charge is 1.00 e. The molecule has 0 unspecified atom stereocenters. The van der Waals surface area contributed by atoms with Crippen molar-refractivity contribution in [2.24, 2.45) is 0 Å². The molecule has 0 saturated heterocycles. The summed E-state index contributed by atoms with van der Waals surface area (Å²) in [6.45, 7) is 0. The van der Waals surface area contributed by atoms with Crippen LogP contribution in [0.15, 0.2) is 30.6 Å². The van der Waals surface area contributed by atoms with Crippen molar-refractivity contribution < 1.29 is 36.4 Å². The number of alkyl halides is 3. The average Bonchev–Trinajstić information content (AvgIpc) is 2.14. The van der Waals surface area contributed by atoms with Crippen molar-refractivity contribution in [3.8, 4) is 0 Å². The van der Waals surface area contributed by atoms with E-state index in [-0.39, 0.29) is 40.1 Å². The van der Waals surface area contributed by atoms with Crippen LogP contribution in [0.3, 0.4) is 0 Å². The molecular formula is C9H5F4LiSe. The van der Waals surface area contributed by atoms with Gasteiger partial charge in [-0.25, -0.2) is 0 Å². The predicted octanol–water partition coefficient (Wildman–Crippen LogP) is -0.717. The monoisotopic (exact) mass is 276 g/mol. The zero-order valence-corrected chi connectivity index (χ0v) is 9.52. The minimum Gasteiger partial charge on any atom is 1.00 e. The Labute approximate surface area is 103 Å². The van der Waals surface area contributed by atoms with Crippen LogP contribution in [0.1, 0.15) is 5.56 Å². The fourth-order valence-electron chi connectivity index (χ4n) is 0.802. The van der Waals surface area contributed by atoms with Crippen LogP contribution in [0.5, 0.6) is 0 Å². The summed E-state index contributed by atoms with van der Waals surface area (Å²) in [5, 5.41) is 0. The van der Waals surface area contributed by atoms with Gasteiger partial charge in [0.15, 0.2) is 0 Å². The summed E-state index contributed by atoms with van der Waals surface area (Å²) < 4.78 is 48.5. The van der Waals surface area contributed by atoms with Gasteiger partial charge < -0.3 is 0 Å². The first-order valence-corrected chi connectivity index (χ1v) is 5.27. The molecule has 0 fully saturated rings. The van der Waals surface area contributed by atoms with E-state index in [0.29, 0.717) is 4.46 Å². The molecule has 0 aromatic heterocycles. The van der Waals surface area contributed by atoms with Gasteiger partial charge in [-0.05, 0) is 0 Å². The normalized spacial score (nSPS) is 11.5. The molecule has 76 valence electrons. The third-order valence-corrected chi connectivity index (χ3v) is 2.90. The molecule has 15 heavy (non-hydrogen) atoms. The molecule has 0 amide bonds. The number of hydrogen-bond acceptors (Lipinski definition) is 0. The van der Waals surface area contributed by atoms with Crippen LogP contribution in [-0.2, 0) is 6.18 Å².